The standard InChI is InChI=1S/C25H40O7/c1-18(9-8-10-19(2)13-23(26)32-17-29-6)11-12-25(4)20(3)14-21(31-16-28-5)15-22(25)24(27)30-7/h9,13,15,20-21H,8,10-12,14,16-17H2,1-7H3/b18-9+,19-13+/t20-,21+,25+/m1/s1. The molecular weight excluding hydrogens is 412 g/mol. The third kappa shape index (κ3) is 8.88. The molecule has 32 heavy (non-hydrogen) atoms. The maximum absolute atomic E-state index is 12.5. The molecule has 1 rings (SSSR count). The topological polar surface area (TPSA) is 80.3 Å². The van der Waals surface area contributed by atoms with Crippen molar-refractivity contribution in [2.45, 2.75) is 65.9 Å². The average Bonchev–Trinajstić information content (AvgIpc) is 2.76. The van der Waals surface area contributed by atoms with E-state index >= 15 is 0 Å². The summed E-state index contributed by atoms with van der Waals surface area (Å²) in [5, 5.41) is 0. The van der Waals surface area contributed by atoms with Crippen LogP contribution >= 0.6 is 0 Å². The first-order valence-corrected chi connectivity index (χ1v) is 11.1. The van der Waals surface area contributed by atoms with Crippen molar-refractivity contribution in [2.24, 2.45) is 11.3 Å². The molecule has 0 aromatic rings. The molecule has 0 heterocycles. The largest absolute Gasteiger partial charge is 0.466 e. The molecule has 1 aliphatic rings. The summed E-state index contributed by atoms with van der Waals surface area (Å²) in [6.45, 7) is 8.47. The van der Waals surface area contributed by atoms with Gasteiger partial charge in [0.05, 0.1) is 13.2 Å². The van der Waals surface area contributed by atoms with Crippen LogP contribution in [0.3, 0.4) is 0 Å². The van der Waals surface area contributed by atoms with Gasteiger partial charge in [-0.15, -0.1) is 0 Å². The van der Waals surface area contributed by atoms with Gasteiger partial charge in [0.25, 0.3) is 0 Å². The Balaban J connectivity index is 2.74. The highest BCUT2D eigenvalue weighted by Gasteiger charge is 2.43. The zero-order valence-corrected chi connectivity index (χ0v) is 20.7. The van der Waals surface area contributed by atoms with Gasteiger partial charge in [-0.2, -0.15) is 0 Å². The van der Waals surface area contributed by atoms with Crippen molar-refractivity contribution in [2.75, 3.05) is 34.9 Å². The monoisotopic (exact) mass is 452 g/mol. The van der Waals surface area contributed by atoms with E-state index in [1.165, 1.54) is 25.9 Å². The second-order valence-corrected chi connectivity index (χ2v) is 8.69. The Bertz CT molecular complexity index is 707. The molecule has 1 aliphatic carbocycles. The lowest BCUT2D eigenvalue weighted by molar-refractivity contribution is -0.148. The van der Waals surface area contributed by atoms with Crippen molar-refractivity contribution in [3.05, 3.63) is 34.9 Å². The second kappa shape index (κ2) is 14.2. The van der Waals surface area contributed by atoms with Crippen molar-refractivity contribution in [3.8, 4) is 0 Å². The van der Waals surface area contributed by atoms with Gasteiger partial charge in [-0.25, -0.2) is 9.59 Å². The minimum absolute atomic E-state index is 0.0416. The molecule has 3 atom stereocenters. The summed E-state index contributed by atoms with van der Waals surface area (Å²) >= 11 is 0. The molecule has 0 aliphatic heterocycles. The number of hydrogen-bond donors (Lipinski definition) is 0. The maximum Gasteiger partial charge on any atom is 0.334 e. The van der Waals surface area contributed by atoms with Crippen LogP contribution in [0.2, 0.25) is 0 Å². The van der Waals surface area contributed by atoms with Gasteiger partial charge in [0, 0.05) is 31.3 Å². The Morgan fingerprint density at radius 1 is 1.09 bits per heavy atom. The van der Waals surface area contributed by atoms with Crippen LogP contribution in [0, 0.1) is 11.3 Å². The first-order chi connectivity index (χ1) is 15.2. The Kier molecular flexibility index (Phi) is 12.5. The lowest BCUT2D eigenvalue weighted by Crippen LogP contribution is -2.39. The van der Waals surface area contributed by atoms with Gasteiger partial charge in [0.2, 0.25) is 0 Å². The molecule has 0 aromatic carbocycles. The molecule has 0 spiro atoms. The van der Waals surface area contributed by atoms with E-state index in [-0.39, 0.29) is 43.0 Å². The number of methoxy groups -OCH3 is 3. The molecule has 0 fully saturated rings. The zero-order chi connectivity index (χ0) is 24.1. The van der Waals surface area contributed by atoms with Gasteiger partial charge < -0.3 is 23.7 Å². The van der Waals surface area contributed by atoms with Crippen molar-refractivity contribution in [1.29, 1.82) is 0 Å². The molecule has 0 aromatic heterocycles. The van der Waals surface area contributed by atoms with Crippen molar-refractivity contribution in [1.82, 2.24) is 0 Å². The molecule has 0 unspecified atom stereocenters. The molecule has 0 bridgehead atoms. The minimum atomic E-state index is -0.390. The molecule has 7 nitrogen and oxygen atoms in total. The summed E-state index contributed by atoms with van der Waals surface area (Å²) in [7, 11) is 4.48. The number of esters is 2. The van der Waals surface area contributed by atoms with Crippen molar-refractivity contribution >= 4 is 11.9 Å². The lowest BCUT2D eigenvalue weighted by Gasteiger charge is -2.42. The summed E-state index contributed by atoms with van der Waals surface area (Å²) in [6.07, 6.45) is 9.60. The Labute approximate surface area is 192 Å². The van der Waals surface area contributed by atoms with E-state index in [1.807, 2.05) is 13.0 Å². The summed E-state index contributed by atoms with van der Waals surface area (Å²) in [5.74, 6) is -0.438. The summed E-state index contributed by atoms with van der Waals surface area (Å²) in [5.41, 5.74) is 2.60. The van der Waals surface area contributed by atoms with E-state index in [4.69, 9.17) is 23.7 Å². The van der Waals surface area contributed by atoms with Crippen molar-refractivity contribution < 1.29 is 33.3 Å². The fourth-order valence-electron chi connectivity index (χ4n) is 3.92. The number of allylic oxidation sites excluding steroid dienone is 3. The average molecular weight is 453 g/mol. The highest BCUT2D eigenvalue weighted by Crippen LogP contribution is 2.47. The smallest absolute Gasteiger partial charge is 0.334 e. The quantitative estimate of drug-likeness (QED) is 0.173. The molecule has 0 saturated carbocycles. The fraction of sp³-hybridized carbons (Fsp3) is 0.680. The van der Waals surface area contributed by atoms with Crippen LogP contribution in [-0.4, -0.2) is 53.0 Å². The molecular formula is C25H40O7. The van der Waals surface area contributed by atoms with Gasteiger partial charge in [0.1, 0.15) is 6.79 Å². The van der Waals surface area contributed by atoms with E-state index in [1.54, 1.807) is 7.11 Å². The SMILES string of the molecule is COCOC(=O)/C=C(\C)CC/C=C(\C)CC[C@]1(C)C(C(=O)OC)=C[C@@H](OCOC)C[C@H]1C. The van der Waals surface area contributed by atoms with Gasteiger partial charge in [-0.1, -0.05) is 31.1 Å². The van der Waals surface area contributed by atoms with Gasteiger partial charge in [-0.3, -0.25) is 0 Å². The number of rotatable bonds is 13. The predicted octanol–water partition coefficient (Wildman–Crippen LogP) is 4.72. The number of carbonyl (C=O) groups is 2. The van der Waals surface area contributed by atoms with Crippen LogP contribution in [0.25, 0.3) is 0 Å². The molecule has 182 valence electrons. The first-order valence-electron chi connectivity index (χ1n) is 11.1. The van der Waals surface area contributed by atoms with Crippen LogP contribution in [0.15, 0.2) is 34.9 Å². The summed E-state index contributed by atoms with van der Waals surface area (Å²) in [4.78, 5) is 24.1. The molecule has 0 amide bonds. The number of hydrogen-bond acceptors (Lipinski definition) is 7. The van der Waals surface area contributed by atoms with Crippen LogP contribution in [0.5, 0.6) is 0 Å². The summed E-state index contributed by atoms with van der Waals surface area (Å²) < 4.78 is 25.4. The van der Waals surface area contributed by atoms with Crippen LogP contribution < -0.4 is 0 Å². The Hall–Kier alpha value is -1.96. The van der Waals surface area contributed by atoms with E-state index in [0.29, 0.717) is 5.57 Å². The Morgan fingerprint density at radius 3 is 2.41 bits per heavy atom. The third-order valence-corrected chi connectivity index (χ3v) is 6.20. The molecule has 0 radical (unpaired) electrons. The minimum Gasteiger partial charge on any atom is -0.466 e. The Morgan fingerprint density at radius 2 is 1.78 bits per heavy atom. The van der Waals surface area contributed by atoms with Crippen molar-refractivity contribution in [3.63, 3.8) is 0 Å². The van der Waals surface area contributed by atoms with E-state index in [0.717, 1.165) is 37.7 Å². The third-order valence-electron chi connectivity index (χ3n) is 6.20. The highest BCUT2D eigenvalue weighted by atomic mass is 16.7. The highest BCUT2D eigenvalue weighted by molar-refractivity contribution is 5.90. The second-order valence-electron chi connectivity index (χ2n) is 8.69. The van der Waals surface area contributed by atoms with Gasteiger partial charge >= 0.3 is 11.9 Å². The fourth-order valence-corrected chi connectivity index (χ4v) is 3.92. The van der Waals surface area contributed by atoms with E-state index in [2.05, 4.69) is 26.8 Å². The van der Waals surface area contributed by atoms with Gasteiger partial charge in [0.15, 0.2) is 6.79 Å². The van der Waals surface area contributed by atoms with Gasteiger partial charge in [-0.05, 0) is 57.9 Å². The molecule has 7 heteroatoms. The zero-order valence-electron chi connectivity index (χ0n) is 20.7. The number of ether oxygens (including phenoxy) is 5. The van der Waals surface area contributed by atoms with Crippen LogP contribution in [0.4, 0.5) is 0 Å². The molecule has 0 N–H and O–H groups in total. The normalized spacial score (nSPS) is 24.2. The van der Waals surface area contributed by atoms with Crippen LogP contribution in [-0.2, 0) is 33.3 Å². The lowest BCUT2D eigenvalue weighted by atomic mass is 9.63. The maximum atomic E-state index is 12.5. The first kappa shape index (κ1) is 28.1. The van der Waals surface area contributed by atoms with Crippen LogP contribution in [0.1, 0.15) is 59.8 Å². The summed E-state index contributed by atoms with van der Waals surface area (Å²) in [6, 6.07) is 0. The number of carbonyl (C=O) groups excluding carboxylic acids is 2. The van der Waals surface area contributed by atoms with E-state index in [9.17, 15) is 9.59 Å². The molecule has 0 saturated heterocycles. The predicted molar refractivity (Wildman–Crippen MR) is 123 cm³/mol. The van der Waals surface area contributed by atoms with E-state index < -0.39 is 0 Å².